The summed E-state index contributed by atoms with van der Waals surface area (Å²) < 4.78 is 26.8. The molecule has 1 aromatic carbocycles. The maximum absolute atomic E-state index is 12.6. The van der Waals surface area contributed by atoms with Gasteiger partial charge in [-0.2, -0.15) is 0 Å². The summed E-state index contributed by atoms with van der Waals surface area (Å²) in [6, 6.07) is 5.93. The molecule has 2 aliphatic heterocycles. The fraction of sp³-hybridized carbons (Fsp3) is 0.294. The number of carbonyl (C=O) groups is 1. The van der Waals surface area contributed by atoms with Crippen LogP contribution in [0.5, 0.6) is 0 Å². The molecule has 0 spiro atoms. The van der Waals surface area contributed by atoms with Crippen molar-refractivity contribution in [2.75, 3.05) is 17.6 Å². The van der Waals surface area contributed by atoms with Gasteiger partial charge in [-0.05, 0) is 36.6 Å². The second-order valence-electron chi connectivity index (χ2n) is 5.76. The summed E-state index contributed by atoms with van der Waals surface area (Å²) in [5, 5.41) is 2.97. The quantitative estimate of drug-likeness (QED) is 0.909. The number of carbonyl (C=O) groups excluding carboxylic acids is 1. The van der Waals surface area contributed by atoms with Crippen molar-refractivity contribution in [2.45, 2.75) is 20.3 Å². The van der Waals surface area contributed by atoms with Crippen LogP contribution in [0, 0.1) is 6.92 Å². The van der Waals surface area contributed by atoms with Gasteiger partial charge in [0.2, 0.25) is 0 Å². The SMILES string of the molecule is CCc1cccc(C)c1NC(=O)C1=CN2CCS(=O)(=O)N=C2C=C1. The molecule has 0 atom stereocenters. The van der Waals surface area contributed by atoms with Crippen molar-refractivity contribution in [3.8, 4) is 0 Å². The minimum absolute atomic E-state index is 0.0481. The summed E-state index contributed by atoms with van der Waals surface area (Å²) in [6.45, 7) is 4.30. The van der Waals surface area contributed by atoms with Crippen molar-refractivity contribution in [1.82, 2.24) is 4.90 Å². The molecule has 0 aliphatic carbocycles. The summed E-state index contributed by atoms with van der Waals surface area (Å²) in [7, 11) is -3.39. The number of amides is 1. The molecule has 0 bridgehead atoms. The van der Waals surface area contributed by atoms with Gasteiger partial charge in [-0.15, -0.1) is 4.40 Å². The third kappa shape index (κ3) is 3.26. The number of aryl methyl sites for hydroxylation is 2. The summed E-state index contributed by atoms with van der Waals surface area (Å²) in [5.74, 6) is 0.0821. The Bertz CT molecular complexity index is 882. The summed E-state index contributed by atoms with van der Waals surface area (Å²) in [5.41, 5.74) is 3.39. The van der Waals surface area contributed by atoms with Crippen LogP contribution in [0.25, 0.3) is 0 Å². The molecule has 126 valence electrons. The van der Waals surface area contributed by atoms with E-state index in [1.54, 1.807) is 23.3 Å². The lowest BCUT2D eigenvalue weighted by molar-refractivity contribution is -0.112. The largest absolute Gasteiger partial charge is 0.330 e. The van der Waals surface area contributed by atoms with Crippen LogP contribution in [0.1, 0.15) is 18.1 Å². The van der Waals surface area contributed by atoms with E-state index in [2.05, 4.69) is 9.71 Å². The first-order valence-electron chi connectivity index (χ1n) is 7.78. The van der Waals surface area contributed by atoms with Crippen molar-refractivity contribution in [3.63, 3.8) is 0 Å². The van der Waals surface area contributed by atoms with E-state index >= 15 is 0 Å². The Morgan fingerprint density at radius 1 is 1.33 bits per heavy atom. The molecule has 2 aliphatic rings. The van der Waals surface area contributed by atoms with E-state index in [1.165, 1.54) is 0 Å². The fourth-order valence-electron chi connectivity index (χ4n) is 2.72. The molecule has 1 N–H and O–H groups in total. The maximum Gasteiger partial charge on any atom is 0.257 e. The third-order valence-corrected chi connectivity index (χ3v) is 5.23. The molecule has 1 aromatic rings. The van der Waals surface area contributed by atoms with Gasteiger partial charge < -0.3 is 10.2 Å². The van der Waals surface area contributed by atoms with E-state index in [1.807, 2.05) is 32.0 Å². The predicted molar refractivity (Wildman–Crippen MR) is 94.3 cm³/mol. The maximum atomic E-state index is 12.6. The van der Waals surface area contributed by atoms with Gasteiger partial charge in [0.25, 0.3) is 15.9 Å². The Labute approximate surface area is 141 Å². The molecule has 0 saturated heterocycles. The molecule has 0 unspecified atom stereocenters. The van der Waals surface area contributed by atoms with Gasteiger partial charge >= 0.3 is 0 Å². The molecule has 6 nitrogen and oxygen atoms in total. The van der Waals surface area contributed by atoms with Crippen molar-refractivity contribution in [1.29, 1.82) is 0 Å². The van der Waals surface area contributed by atoms with Crippen molar-refractivity contribution in [2.24, 2.45) is 4.40 Å². The molecule has 24 heavy (non-hydrogen) atoms. The van der Waals surface area contributed by atoms with E-state index in [-0.39, 0.29) is 11.7 Å². The monoisotopic (exact) mass is 345 g/mol. The van der Waals surface area contributed by atoms with E-state index < -0.39 is 10.0 Å². The first-order valence-corrected chi connectivity index (χ1v) is 9.39. The molecule has 0 aromatic heterocycles. The predicted octanol–water partition coefficient (Wildman–Crippen LogP) is 1.99. The average Bonchev–Trinajstić information content (AvgIpc) is 2.55. The van der Waals surface area contributed by atoms with Crippen LogP contribution >= 0.6 is 0 Å². The van der Waals surface area contributed by atoms with E-state index in [0.717, 1.165) is 23.2 Å². The van der Waals surface area contributed by atoms with Crippen molar-refractivity contribution in [3.05, 3.63) is 53.3 Å². The molecule has 7 heteroatoms. The number of anilines is 1. The smallest absolute Gasteiger partial charge is 0.257 e. The first kappa shape index (κ1) is 16.4. The molecule has 2 heterocycles. The van der Waals surface area contributed by atoms with Crippen LogP contribution in [0.15, 0.2) is 46.5 Å². The van der Waals surface area contributed by atoms with Gasteiger partial charge in [0.05, 0.1) is 11.3 Å². The zero-order chi connectivity index (χ0) is 17.3. The number of hydrogen-bond donors (Lipinski definition) is 1. The lowest BCUT2D eigenvalue weighted by Gasteiger charge is -2.27. The molecule has 0 saturated carbocycles. The minimum Gasteiger partial charge on any atom is -0.330 e. The molecular weight excluding hydrogens is 326 g/mol. The summed E-state index contributed by atoms with van der Waals surface area (Å²) >= 11 is 0. The van der Waals surface area contributed by atoms with Gasteiger partial charge in [-0.3, -0.25) is 4.79 Å². The number of rotatable bonds is 3. The van der Waals surface area contributed by atoms with Gasteiger partial charge in [-0.25, -0.2) is 8.42 Å². The number of sulfonamides is 1. The van der Waals surface area contributed by atoms with E-state index in [0.29, 0.717) is 18.0 Å². The van der Waals surface area contributed by atoms with Crippen molar-refractivity contribution < 1.29 is 13.2 Å². The minimum atomic E-state index is -3.39. The Hall–Kier alpha value is -2.41. The third-order valence-electron chi connectivity index (χ3n) is 4.06. The number of nitrogens with one attached hydrogen (secondary N) is 1. The van der Waals surface area contributed by atoms with Gasteiger partial charge in [0.1, 0.15) is 5.84 Å². The standard InChI is InChI=1S/C17H19N3O3S/c1-3-13-6-4-5-12(2)16(13)18-17(21)14-7-8-15-19-24(22,23)10-9-20(15)11-14/h4-8,11H,3,9-10H2,1-2H3,(H,18,21). The topological polar surface area (TPSA) is 78.8 Å². The van der Waals surface area contributed by atoms with Crippen LogP contribution in [0.2, 0.25) is 0 Å². The highest BCUT2D eigenvalue weighted by Gasteiger charge is 2.25. The summed E-state index contributed by atoms with van der Waals surface area (Å²) in [6.07, 6.45) is 5.62. The van der Waals surface area contributed by atoms with E-state index in [9.17, 15) is 13.2 Å². The van der Waals surface area contributed by atoms with Crippen LogP contribution in [-0.2, 0) is 21.2 Å². The second kappa shape index (κ2) is 6.24. The van der Waals surface area contributed by atoms with Gasteiger partial charge in [-0.1, -0.05) is 25.1 Å². The van der Waals surface area contributed by atoms with Crippen LogP contribution in [0.3, 0.4) is 0 Å². The second-order valence-corrected chi connectivity index (χ2v) is 7.52. The van der Waals surface area contributed by atoms with Crippen LogP contribution in [-0.4, -0.2) is 37.4 Å². The van der Waals surface area contributed by atoms with Gasteiger partial charge in [0, 0.05) is 18.4 Å². The zero-order valence-corrected chi connectivity index (χ0v) is 14.4. The number of fused-ring (bicyclic) bond motifs is 1. The average molecular weight is 345 g/mol. The number of nitrogens with zero attached hydrogens (tertiary/aromatic N) is 2. The Kier molecular flexibility index (Phi) is 4.28. The number of amidine groups is 1. The van der Waals surface area contributed by atoms with Crippen LogP contribution in [0.4, 0.5) is 5.69 Å². The molecule has 3 rings (SSSR count). The van der Waals surface area contributed by atoms with E-state index in [4.69, 9.17) is 0 Å². The Morgan fingerprint density at radius 2 is 2.12 bits per heavy atom. The molecular formula is C17H19N3O3S. The lowest BCUT2D eigenvalue weighted by atomic mass is 10.1. The number of para-hydroxylation sites is 1. The lowest BCUT2D eigenvalue weighted by Crippen LogP contribution is -2.37. The Balaban J connectivity index is 1.83. The van der Waals surface area contributed by atoms with Crippen LogP contribution < -0.4 is 5.32 Å². The highest BCUT2D eigenvalue weighted by atomic mass is 32.2. The fourth-order valence-corrected chi connectivity index (χ4v) is 3.69. The number of benzene rings is 1. The zero-order valence-electron chi connectivity index (χ0n) is 13.6. The molecule has 1 amide bonds. The van der Waals surface area contributed by atoms with Gasteiger partial charge in [0.15, 0.2) is 0 Å². The molecule has 0 radical (unpaired) electrons. The highest BCUT2D eigenvalue weighted by Crippen LogP contribution is 2.23. The highest BCUT2D eigenvalue weighted by molar-refractivity contribution is 7.90. The normalized spacial score (nSPS) is 18.5. The molecule has 0 fully saturated rings. The van der Waals surface area contributed by atoms with Crippen molar-refractivity contribution >= 4 is 27.5 Å². The first-order chi connectivity index (χ1) is 11.4. The summed E-state index contributed by atoms with van der Waals surface area (Å²) in [4.78, 5) is 14.3. The number of hydrogen-bond acceptors (Lipinski definition) is 4. The Morgan fingerprint density at radius 3 is 2.88 bits per heavy atom.